The number of ether oxygens (including phenoxy) is 2. The lowest BCUT2D eigenvalue weighted by Crippen LogP contribution is -2.54. The highest BCUT2D eigenvalue weighted by Crippen LogP contribution is 2.33. The van der Waals surface area contributed by atoms with E-state index in [0.717, 1.165) is 11.4 Å². The van der Waals surface area contributed by atoms with Crippen molar-refractivity contribution in [2.45, 2.75) is 12.5 Å². The summed E-state index contributed by atoms with van der Waals surface area (Å²) in [5.74, 6) is 1.12. The Morgan fingerprint density at radius 2 is 1.75 bits per heavy atom. The van der Waals surface area contributed by atoms with Gasteiger partial charge in [-0.1, -0.05) is 23.7 Å². The van der Waals surface area contributed by atoms with Crippen LogP contribution in [-0.2, 0) is 4.79 Å². The third kappa shape index (κ3) is 4.55. The Balaban J connectivity index is 1.33. The first-order chi connectivity index (χ1) is 15.5. The largest absolute Gasteiger partial charge is 0.493 e. The predicted molar refractivity (Wildman–Crippen MR) is 124 cm³/mol. The van der Waals surface area contributed by atoms with Crippen LogP contribution in [-0.4, -0.2) is 69.8 Å². The molecule has 1 atom stereocenters. The van der Waals surface area contributed by atoms with Crippen LogP contribution in [0.2, 0.25) is 5.02 Å². The molecule has 3 amide bonds. The van der Waals surface area contributed by atoms with Crippen LogP contribution >= 0.6 is 11.6 Å². The third-order valence-corrected chi connectivity index (χ3v) is 6.21. The smallest absolute Gasteiger partial charge is 0.317 e. The number of methoxy groups -OCH3 is 2. The van der Waals surface area contributed by atoms with Gasteiger partial charge in [0.15, 0.2) is 11.5 Å². The third-order valence-electron chi connectivity index (χ3n) is 5.89. The summed E-state index contributed by atoms with van der Waals surface area (Å²) in [4.78, 5) is 31.0. The molecule has 2 saturated heterocycles. The van der Waals surface area contributed by atoms with Gasteiger partial charge in [-0.2, -0.15) is 0 Å². The van der Waals surface area contributed by atoms with E-state index in [1.165, 1.54) is 0 Å². The van der Waals surface area contributed by atoms with Crippen molar-refractivity contribution < 1.29 is 19.1 Å². The molecule has 0 bridgehead atoms. The van der Waals surface area contributed by atoms with Gasteiger partial charge in [-0.3, -0.25) is 4.79 Å². The number of urea groups is 1. The van der Waals surface area contributed by atoms with Gasteiger partial charge in [0.25, 0.3) is 0 Å². The van der Waals surface area contributed by atoms with Crippen LogP contribution in [0.1, 0.15) is 6.42 Å². The average molecular weight is 459 g/mol. The van der Waals surface area contributed by atoms with E-state index in [2.05, 4.69) is 10.2 Å². The number of anilines is 2. The molecule has 0 aromatic heterocycles. The Morgan fingerprint density at radius 3 is 2.44 bits per heavy atom. The van der Waals surface area contributed by atoms with Gasteiger partial charge in [-0.25, -0.2) is 4.79 Å². The highest BCUT2D eigenvalue weighted by Gasteiger charge is 2.33. The molecule has 4 rings (SSSR count). The summed E-state index contributed by atoms with van der Waals surface area (Å²) in [7, 11) is 3.13. The maximum Gasteiger partial charge on any atom is 0.317 e. The minimum atomic E-state index is -0.246. The summed E-state index contributed by atoms with van der Waals surface area (Å²) in [6, 6.07) is 12.7. The standard InChI is InChI=1S/C23H27ClN4O4/c1-31-20-8-7-17(14-21(20)32-2)28-15-16(13-22(28)29)25-23(30)27-11-9-26(10-12-27)19-6-4-3-5-18(19)24/h3-8,14,16H,9-13,15H2,1-2H3,(H,25,30)/t16-/m0/s1. The van der Waals surface area contributed by atoms with Crippen LogP contribution in [0.25, 0.3) is 0 Å². The second-order valence-corrected chi connectivity index (χ2v) is 8.23. The lowest BCUT2D eigenvalue weighted by atomic mass is 10.2. The van der Waals surface area contributed by atoms with E-state index in [0.29, 0.717) is 49.2 Å². The Bertz CT molecular complexity index is 994. The number of nitrogens with one attached hydrogen (secondary N) is 1. The number of carbonyl (C=O) groups is 2. The second-order valence-electron chi connectivity index (χ2n) is 7.82. The summed E-state index contributed by atoms with van der Waals surface area (Å²) in [5, 5.41) is 3.73. The molecule has 2 aromatic carbocycles. The van der Waals surface area contributed by atoms with Gasteiger partial charge in [0.1, 0.15) is 0 Å². The Hall–Kier alpha value is -3.13. The minimum Gasteiger partial charge on any atom is -0.493 e. The number of benzene rings is 2. The van der Waals surface area contributed by atoms with Crippen molar-refractivity contribution in [1.82, 2.24) is 10.2 Å². The molecule has 2 fully saturated rings. The Morgan fingerprint density at radius 1 is 1.03 bits per heavy atom. The maximum atomic E-state index is 12.8. The average Bonchev–Trinajstić information content (AvgIpc) is 3.18. The van der Waals surface area contributed by atoms with Gasteiger partial charge >= 0.3 is 6.03 Å². The van der Waals surface area contributed by atoms with Gasteiger partial charge < -0.3 is 29.5 Å². The molecule has 9 heteroatoms. The van der Waals surface area contributed by atoms with Crippen LogP contribution in [0, 0.1) is 0 Å². The molecule has 0 spiro atoms. The summed E-state index contributed by atoms with van der Waals surface area (Å²) in [5.41, 5.74) is 1.71. The van der Waals surface area contributed by atoms with Crippen molar-refractivity contribution in [2.75, 3.05) is 56.7 Å². The molecule has 2 aromatic rings. The number of rotatable bonds is 5. The molecular weight excluding hydrogens is 432 g/mol. The fourth-order valence-corrected chi connectivity index (χ4v) is 4.43. The van der Waals surface area contributed by atoms with Crippen LogP contribution in [0.15, 0.2) is 42.5 Å². The van der Waals surface area contributed by atoms with Gasteiger partial charge in [-0.05, 0) is 24.3 Å². The summed E-state index contributed by atoms with van der Waals surface area (Å²) in [6.07, 6.45) is 0.264. The summed E-state index contributed by atoms with van der Waals surface area (Å²) >= 11 is 6.30. The zero-order valence-corrected chi connectivity index (χ0v) is 19.0. The fourth-order valence-electron chi connectivity index (χ4n) is 4.17. The molecule has 170 valence electrons. The number of para-hydroxylation sites is 1. The quantitative estimate of drug-likeness (QED) is 0.745. The van der Waals surface area contributed by atoms with Gasteiger partial charge in [0.05, 0.1) is 31.0 Å². The lowest BCUT2D eigenvalue weighted by Gasteiger charge is -2.36. The number of hydrogen-bond acceptors (Lipinski definition) is 5. The van der Waals surface area contributed by atoms with E-state index in [-0.39, 0.29) is 24.4 Å². The number of hydrogen-bond donors (Lipinski definition) is 1. The topological polar surface area (TPSA) is 74.4 Å². The fraction of sp³-hybridized carbons (Fsp3) is 0.391. The molecule has 0 radical (unpaired) electrons. The molecule has 2 heterocycles. The zero-order chi connectivity index (χ0) is 22.7. The molecule has 2 aliphatic heterocycles. The first-order valence-electron chi connectivity index (χ1n) is 10.6. The molecule has 1 N–H and O–H groups in total. The number of amides is 3. The van der Waals surface area contributed by atoms with Crippen molar-refractivity contribution in [2.24, 2.45) is 0 Å². The van der Waals surface area contributed by atoms with Gasteiger partial charge in [-0.15, -0.1) is 0 Å². The van der Waals surface area contributed by atoms with Crippen LogP contribution in [0.5, 0.6) is 11.5 Å². The van der Waals surface area contributed by atoms with Crippen molar-refractivity contribution in [1.29, 1.82) is 0 Å². The van der Waals surface area contributed by atoms with Crippen LogP contribution < -0.4 is 24.6 Å². The summed E-state index contributed by atoms with van der Waals surface area (Å²) < 4.78 is 10.6. The normalized spacial score (nSPS) is 18.7. The lowest BCUT2D eigenvalue weighted by molar-refractivity contribution is -0.117. The molecule has 8 nitrogen and oxygen atoms in total. The maximum absolute atomic E-state index is 12.8. The number of nitrogens with zero attached hydrogens (tertiary/aromatic N) is 3. The van der Waals surface area contributed by atoms with Crippen LogP contribution in [0.4, 0.5) is 16.2 Å². The molecule has 0 aliphatic carbocycles. The molecule has 2 aliphatic rings. The highest BCUT2D eigenvalue weighted by molar-refractivity contribution is 6.33. The minimum absolute atomic E-state index is 0.0361. The highest BCUT2D eigenvalue weighted by atomic mass is 35.5. The first-order valence-corrected chi connectivity index (χ1v) is 10.9. The van der Waals surface area contributed by atoms with E-state index >= 15 is 0 Å². The molecule has 32 heavy (non-hydrogen) atoms. The monoisotopic (exact) mass is 458 g/mol. The SMILES string of the molecule is COc1ccc(N2C[C@@H](NC(=O)N3CCN(c4ccccc4Cl)CC3)CC2=O)cc1OC. The Labute approximate surface area is 192 Å². The van der Waals surface area contributed by atoms with Crippen molar-refractivity contribution in [3.05, 3.63) is 47.5 Å². The first kappa shape index (κ1) is 22.1. The van der Waals surface area contributed by atoms with E-state index in [1.54, 1.807) is 36.2 Å². The summed E-state index contributed by atoms with van der Waals surface area (Å²) in [6.45, 7) is 3.02. The Kier molecular flexibility index (Phi) is 6.60. The van der Waals surface area contributed by atoms with Crippen molar-refractivity contribution in [3.63, 3.8) is 0 Å². The number of halogens is 1. The second kappa shape index (κ2) is 9.56. The number of piperazine rings is 1. The van der Waals surface area contributed by atoms with Crippen LogP contribution in [0.3, 0.4) is 0 Å². The van der Waals surface area contributed by atoms with Gasteiger partial charge in [0.2, 0.25) is 5.91 Å². The molecule has 0 saturated carbocycles. The van der Waals surface area contributed by atoms with Gasteiger partial charge in [0, 0.05) is 50.9 Å². The van der Waals surface area contributed by atoms with E-state index in [4.69, 9.17) is 21.1 Å². The number of carbonyl (C=O) groups excluding carboxylic acids is 2. The van der Waals surface area contributed by atoms with E-state index < -0.39 is 0 Å². The van der Waals surface area contributed by atoms with E-state index in [1.807, 2.05) is 30.3 Å². The van der Waals surface area contributed by atoms with E-state index in [9.17, 15) is 9.59 Å². The van der Waals surface area contributed by atoms with Crippen molar-refractivity contribution >= 4 is 34.9 Å². The van der Waals surface area contributed by atoms with Crippen molar-refractivity contribution in [3.8, 4) is 11.5 Å². The molecule has 0 unspecified atom stereocenters. The molecular formula is C23H27ClN4O4. The zero-order valence-electron chi connectivity index (χ0n) is 18.2. The predicted octanol–water partition coefficient (Wildman–Crippen LogP) is 2.99.